The van der Waals surface area contributed by atoms with Crippen molar-refractivity contribution in [1.82, 2.24) is 14.5 Å². The van der Waals surface area contributed by atoms with E-state index >= 15 is 0 Å². The fourth-order valence-corrected chi connectivity index (χ4v) is 5.54. The Morgan fingerprint density at radius 2 is 1.97 bits per heavy atom. The number of rotatable bonds is 9. The molecule has 2 aromatic heterocycles. The number of fused-ring (bicyclic) bond motifs is 1. The van der Waals surface area contributed by atoms with Gasteiger partial charge in [-0.3, -0.25) is 19.1 Å². The highest BCUT2D eigenvalue weighted by Crippen LogP contribution is 2.23. The highest BCUT2D eigenvalue weighted by Gasteiger charge is 2.16. The van der Waals surface area contributed by atoms with Crippen molar-refractivity contribution in [2.24, 2.45) is 0 Å². The minimum atomic E-state index is -0.0353. The summed E-state index contributed by atoms with van der Waals surface area (Å²) in [6, 6.07) is 11.3. The maximum Gasteiger partial charge on any atom is 0.262 e. The molecular formula is C23H27N3O3S2. The molecule has 164 valence electrons. The number of aromatic nitrogens is 2. The molecule has 3 heterocycles. The predicted octanol–water partition coefficient (Wildman–Crippen LogP) is 3.72. The van der Waals surface area contributed by atoms with E-state index in [0.717, 1.165) is 50.6 Å². The van der Waals surface area contributed by atoms with Gasteiger partial charge in [0.05, 0.1) is 34.7 Å². The molecule has 4 rings (SSSR count). The van der Waals surface area contributed by atoms with Gasteiger partial charge in [-0.15, -0.1) is 11.3 Å². The number of carbonyl (C=O) groups is 1. The number of Topliss-reactive ketones (excluding diaryl/α,β-unsaturated/α-hetero) is 1. The molecule has 0 aliphatic carbocycles. The minimum Gasteiger partial charge on any atom is -0.379 e. The summed E-state index contributed by atoms with van der Waals surface area (Å²) in [4.78, 5) is 34.9. The fourth-order valence-electron chi connectivity index (χ4n) is 3.65. The molecule has 6 nitrogen and oxygen atoms in total. The third-order valence-electron chi connectivity index (χ3n) is 5.40. The summed E-state index contributed by atoms with van der Waals surface area (Å²) >= 11 is 2.91. The lowest BCUT2D eigenvalue weighted by molar-refractivity contribution is 0.0368. The number of nitrogens with zero attached hydrogens (tertiary/aromatic N) is 3. The van der Waals surface area contributed by atoms with Gasteiger partial charge in [0.1, 0.15) is 0 Å². The molecule has 0 saturated carbocycles. The van der Waals surface area contributed by atoms with E-state index in [4.69, 9.17) is 9.72 Å². The van der Waals surface area contributed by atoms with Crippen molar-refractivity contribution >= 4 is 39.8 Å². The van der Waals surface area contributed by atoms with E-state index in [9.17, 15) is 9.59 Å². The van der Waals surface area contributed by atoms with Crippen LogP contribution in [0.5, 0.6) is 0 Å². The van der Waals surface area contributed by atoms with Gasteiger partial charge in [0.15, 0.2) is 10.9 Å². The summed E-state index contributed by atoms with van der Waals surface area (Å²) in [5.74, 6) is 0.356. The number of para-hydroxylation sites is 1. The van der Waals surface area contributed by atoms with Crippen LogP contribution in [-0.2, 0) is 17.7 Å². The van der Waals surface area contributed by atoms with Crippen LogP contribution in [-0.4, -0.2) is 58.8 Å². The van der Waals surface area contributed by atoms with Crippen molar-refractivity contribution in [3.05, 3.63) is 56.5 Å². The van der Waals surface area contributed by atoms with Gasteiger partial charge in [-0.1, -0.05) is 30.8 Å². The third-order valence-corrected chi connectivity index (χ3v) is 7.65. The van der Waals surface area contributed by atoms with Crippen molar-refractivity contribution < 1.29 is 9.53 Å². The van der Waals surface area contributed by atoms with E-state index in [1.165, 1.54) is 16.6 Å². The largest absolute Gasteiger partial charge is 0.379 e. The van der Waals surface area contributed by atoms with E-state index in [2.05, 4.69) is 11.8 Å². The molecule has 0 bridgehead atoms. The minimum absolute atomic E-state index is 0.0353. The molecule has 3 aromatic rings. The summed E-state index contributed by atoms with van der Waals surface area (Å²) < 4.78 is 7.15. The quantitative estimate of drug-likeness (QED) is 0.277. The van der Waals surface area contributed by atoms with Crippen LogP contribution in [0.15, 0.2) is 46.3 Å². The van der Waals surface area contributed by atoms with Crippen LogP contribution in [0.25, 0.3) is 10.9 Å². The Kier molecular flexibility index (Phi) is 7.55. The molecule has 0 radical (unpaired) electrons. The second-order valence-corrected chi connectivity index (χ2v) is 9.62. The third kappa shape index (κ3) is 5.44. The smallest absolute Gasteiger partial charge is 0.262 e. The lowest BCUT2D eigenvalue weighted by Gasteiger charge is -2.26. The number of carbonyl (C=O) groups excluding carboxylic acids is 1. The zero-order valence-corrected chi connectivity index (χ0v) is 19.3. The molecule has 1 aromatic carbocycles. The van der Waals surface area contributed by atoms with Gasteiger partial charge in [-0.25, -0.2) is 4.98 Å². The van der Waals surface area contributed by atoms with E-state index in [1.54, 1.807) is 15.9 Å². The van der Waals surface area contributed by atoms with Crippen molar-refractivity contribution in [3.63, 3.8) is 0 Å². The number of benzene rings is 1. The highest BCUT2D eigenvalue weighted by molar-refractivity contribution is 7.99. The summed E-state index contributed by atoms with van der Waals surface area (Å²) in [5, 5.41) is 1.24. The Morgan fingerprint density at radius 1 is 1.16 bits per heavy atom. The topological polar surface area (TPSA) is 64.4 Å². The van der Waals surface area contributed by atoms with Crippen LogP contribution in [0.3, 0.4) is 0 Å². The van der Waals surface area contributed by atoms with E-state index in [-0.39, 0.29) is 17.1 Å². The van der Waals surface area contributed by atoms with Crippen molar-refractivity contribution in [3.8, 4) is 0 Å². The molecular weight excluding hydrogens is 430 g/mol. The van der Waals surface area contributed by atoms with E-state index in [0.29, 0.717) is 22.6 Å². The lowest BCUT2D eigenvalue weighted by Crippen LogP contribution is -2.37. The average Bonchev–Trinajstić information content (AvgIpc) is 3.29. The van der Waals surface area contributed by atoms with Crippen LogP contribution >= 0.6 is 23.1 Å². The lowest BCUT2D eigenvalue weighted by atomic mass is 10.2. The summed E-state index contributed by atoms with van der Waals surface area (Å²) in [6.45, 7) is 6.99. The van der Waals surface area contributed by atoms with Gasteiger partial charge in [0, 0.05) is 31.1 Å². The van der Waals surface area contributed by atoms with Gasteiger partial charge in [-0.05, 0) is 37.1 Å². The summed E-state index contributed by atoms with van der Waals surface area (Å²) in [6.07, 6.45) is 1.78. The number of hydrogen-bond acceptors (Lipinski definition) is 7. The van der Waals surface area contributed by atoms with Crippen molar-refractivity contribution in [1.29, 1.82) is 0 Å². The second-order valence-electron chi connectivity index (χ2n) is 7.51. The molecule has 0 spiro atoms. The molecule has 0 atom stereocenters. The van der Waals surface area contributed by atoms with Gasteiger partial charge in [-0.2, -0.15) is 0 Å². The zero-order valence-electron chi connectivity index (χ0n) is 17.7. The van der Waals surface area contributed by atoms with Gasteiger partial charge in [0.25, 0.3) is 5.56 Å². The van der Waals surface area contributed by atoms with Crippen LogP contribution in [0, 0.1) is 0 Å². The highest BCUT2D eigenvalue weighted by atomic mass is 32.2. The number of hydrogen-bond donors (Lipinski definition) is 0. The fraction of sp³-hybridized carbons (Fsp3) is 0.435. The number of thiophene rings is 1. The standard InChI is InChI=1S/C23H27N3O3S2/c1-2-17-8-9-21(31-17)20(27)16-30-23-24-19-7-4-3-6-18(19)22(28)26(23)11-5-10-25-12-14-29-15-13-25/h3-4,6-9H,2,5,10-16H2,1H3. The zero-order chi connectivity index (χ0) is 21.6. The number of thioether (sulfide) groups is 1. The monoisotopic (exact) mass is 457 g/mol. The Bertz CT molecular complexity index is 1100. The van der Waals surface area contributed by atoms with Gasteiger partial charge < -0.3 is 4.74 Å². The Morgan fingerprint density at radius 3 is 2.74 bits per heavy atom. The molecule has 1 fully saturated rings. The molecule has 0 N–H and O–H groups in total. The molecule has 8 heteroatoms. The SMILES string of the molecule is CCc1ccc(C(=O)CSc2nc3ccccc3c(=O)n2CCCN2CCOCC2)s1. The maximum atomic E-state index is 13.2. The van der Waals surface area contributed by atoms with Crippen LogP contribution < -0.4 is 5.56 Å². The number of morpholine rings is 1. The summed E-state index contributed by atoms with van der Waals surface area (Å²) in [5.41, 5.74) is 0.642. The van der Waals surface area contributed by atoms with E-state index in [1.807, 2.05) is 36.4 Å². The molecule has 1 aliphatic rings. The van der Waals surface area contributed by atoms with Crippen LogP contribution in [0.4, 0.5) is 0 Å². The first-order valence-electron chi connectivity index (χ1n) is 10.7. The van der Waals surface area contributed by atoms with Crippen LogP contribution in [0.2, 0.25) is 0 Å². The maximum absolute atomic E-state index is 13.2. The first-order valence-corrected chi connectivity index (χ1v) is 12.5. The number of ether oxygens (including phenoxy) is 1. The Labute approximate surface area is 190 Å². The molecule has 0 unspecified atom stereocenters. The van der Waals surface area contributed by atoms with Crippen LogP contribution in [0.1, 0.15) is 27.9 Å². The van der Waals surface area contributed by atoms with Crippen molar-refractivity contribution in [2.75, 3.05) is 38.6 Å². The normalized spacial score (nSPS) is 14.9. The first kappa shape index (κ1) is 22.2. The molecule has 0 amide bonds. The Hall–Kier alpha value is -2.00. The van der Waals surface area contributed by atoms with E-state index < -0.39 is 0 Å². The second kappa shape index (κ2) is 10.5. The van der Waals surface area contributed by atoms with Gasteiger partial charge >= 0.3 is 0 Å². The Balaban J connectivity index is 1.51. The number of aryl methyl sites for hydroxylation is 1. The number of ketones is 1. The molecule has 1 saturated heterocycles. The molecule has 1 aliphatic heterocycles. The summed E-state index contributed by atoms with van der Waals surface area (Å²) in [7, 11) is 0. The van der Waals surface area contributed by atoms with Crippen molar-refractivity contribution in [2.45, 2.75) is 31.5 Å². The molecule has 31 heavy (non-hydrogen) atoms. The average molecular weight is 458 g/mol. The predicted molar refractivity (Wildman–Crippen MR) is 127 cm³/mol. The first-order chi connectivity index (χ1) is 15.2. The van der Waals surface area contributed by atoms with Gasteiger partial charge in [0.2, 0.25) is 0 Å².